The molecule has 1 aliphatic heterocycles. The average Bonchev–Trinajstić information content (AvgIpc) is 3.26. The number of anilines is 1. The van der Waals surface area contributed by atoms with Crippen molar-refractivity contribution in [2.75, 3.05) is 31.6 Å². The minimum Gasteiger partial charge on any atom is -0.478 e. The van der Waals surface area contributed by atoms with Gasteiger partial charge in [0.25, 0.3) is 5.91 Å². The number of benzene rings is 1. The number of nitrogens with zero attached hydrogens (tertiary/aromatic N) is 3. The normalized spacial score (nSPS) is 16.4. The maximum absolute atomic E-state index is 12.6. The van der Waals surface area contributed by atoms with Crippen LogP contribution in [-0.4, -0.2) is 47.0 Å². The summed E-state index contributed by atoms with van der Waals surface area (Å²) in [7, 11) is 0. The van der Waals surface area contributed by atoms with Gasteiger partial charge in [0.05, 0.1) is 31.1 Å². The second-order valence-electron chi connectivity index (χ2n) is 6.58. The minimum absolute atomic E-state index is 0.0479. The lowest BCUT2D eigenvalue weighted by Crippen LogP contribution is -2.33. The van der Waals surface area contributed by atoms with Crippen LogP contribution in [0.2, 0.25) is 0 Å². The number of ether oxygens (including phenoxy) is 2. The number of nitrogens with one attached hydrogen (secondary N) is 2. The van der Waals surface area contributed by atoms with Crippen LogP contribution in [0, 0.1) is 0 Å². The molecule has 1 atom stereocenters. The molecule has 1 aromatic carbocycles. The Morgan fingerprint density at radius 2 is 2.17 bits per heavy atom. The fraction of sp³-hybridized carbons (Fsp3) is 0.286. The van der Waals surface area contributed by atoms with Crippen LogP contribution >= 0.6 is 0 Å². The third-order valence-electron chi connectivity index (χ3n) is 4.55. The highest BCUT2D eigenvalue weighted by molar-refractivity contribution is 6.03. The predicted molar refractivity (Wildman–Crippen MR) is 108 cm³/mol. The van der Waals surface area contributed by atoms with Crippen LogP contribution in [0.25, 0.3) is 5.82 Å². The van der Waals surface area contributed by atoms with Gasteiger partial charge in [0.15, 0.2) is 5.82 Å². The van der Waals surface area contributed by atoms with Crippen molar-refractivity contribution >= 4 is 11.6 Å². The molecule has 2 N–H and O–H groups in total. The van der Waals surface area contributed by atoms with Gasteiger partial charge < -0.3 is 20.1 Å². The number of pyridine rings is 1. The zero-order valence-corrected chi connectivity index (χ0v) is 16.2. The van der Waals surface area contributed by atoms with Crippen molar-refractivity contribution in [3.05, 3.63) is 66.0 Å². The summed E-state index contributed by atoms with van der Waals surface area (Å²) in [6.45, 7) is 4.81. The second kappa shape index (κ2) is 8.85. The number of carbonyl (C=O) groups excluding carboxylic acids is 1. The molecular weight excluding hydrogens is 370 g/mol. The Balaban J connectivity index is 1.42. The van der Waals surface area contributed by atoms with E-state index in [1.54, 1.807) is 23.0 Å². The number of hydrogen-bond acceptors (Lipinski definition) is 6. The molecule has 3 aromatic rings. The van der Waals surface area contributed by atoms with Gasteiger partial charge in [0, 0.05) is 31.0 Å². The van der Waals surface area contributed by atoms with E-state index in [9.17, 15) is 4.79 Å². The highest BCUT2D eigenvalue weighted by atomic mass is 16.5. The molecule has 1 fully saturated rings. The van der Waals surface area contributed by atoms with Crippen LogP contribution in [0.1, 0.15) is 28.9 Å². The SMILES string of the molecule is CCOc1cccc(-n2cc(C(=O)Nc3ccc(C4CNCCO4)cc3)cn2)n1. The smallest absolute Gasteiger partial charge is 0.258 e. The zero-order valence-electron chi connectivity index (χ0n) is 16.2. The molecule has 1 saturated heterocycles. The van der Waals surface area contributed by atoms with Crippen molar-refractivity contribution < 1.29 is 14.3 Å². The van der Waals surface area contributed by atoms with Crippen molar-refractivity contribution in [3.8, 4) is 11.7 Å². The first-order valence-corrected chi connectivity index (χ1v) is 9.61. The molecule has 8 nitrogen and oxygen atoms in total. The predicted octanol–water partition coefficient (Wildman–Crippen LogP) is 2.58. The summed E-state index contributed by atoms with van der Waals surface area (Å²) in [4.78, 5) is 16.9. The van der Waals surface area contributed by atoms with Crippen molar-refractivity contribution in [2.24, 2.45) is 0 Å². The molecule has 3 heterocycles. The lowest BCUT2D eigenvalue weighted by molar-refractivity contribution is 0.0277. The minimum atomic E-state index is -0.236. The van der Waals surface area contributed by atoms with Gasteiger partial charge in [-0.15, -0.1) is 0 Å². The van der Waals surface area contributed by atoms with Crippen LogP contribution in [0.3, 0.4) is 0 Å². The maximum atomic E-state index is 12.6. The average molecular weight is 393 g/mol. The first-order chi connectivity index (χ1) is 14.2. The van der Waals surface area contributed by atoms with Gasteiger partial charge in [-0.05, 0) is 30.7 Å². The molecule has 1 aliphatic rings. The molecule has 0 aliphatic carbocycles. The molecule has 1 amide bonds. The van der Waals surface area contributed by atoms with E-state index in [-0.39, 0.29) is 12.0 Å². The number of hydrogen-bond donors (Lipinski definition) is 2. The van der Waals surface area contributed by atoms with Crippen molar-refractivity contribution in [1.82, 2.24) is 20.1 Å². The fourth-order valence-corrected chi connectivity index (χ4v) is 3.09. The van der Waals surface area contributed by atoms with Gasteiger partial charge in [-0.1, -0.05) is 18.2 Å². The van der Waals surface area contributed by atoms with E-state index in [2.05, 4.69) is 20.7 Å². The third kappa shape index (κ3) is 4.61. The largest absolute Gasteiger partial charge is 0.478 e. The van der Waals surface area contributed by atoms with Crippen molar-refractivity contribution in [1.29, 1.82) is 0 Å². The molecule has 8 heteroatoms. The number of aromatic nitrogens is 3. The lowest BCUT2D eigenvalue weighted by atomic mass is 10.1. The van der Waals surface area contributed by atoms with Crippen LogP contribution < -0.4 is 15.4 Å². The van der Waals surface area contributed by atoms with Crippen LogP contribution in [0.4, 0.5) is 5.69 Å². The van der Waals surface area contributed by atoms with E-state index in [0.29, 0.717) is 36.2 Å². The van der Waals surface area contributed by atoms with Gasteiger partial charge in [0.1, 0.15) is 0 Å². The summed E-state index contributed by atoms with van der Waals surface area (Å²) >= 11 is 0. The number of amides is 1. The lowest BCUT2D eigenvalue weighted by Gasteiger charge is -2.24. The van der Waals surface area contributed by atoms with Crippen LogP contribution in [0.15, 0.2) is 54.9 Å². The fourth-order valence-electron chi connectivity index (χ4n) is 3.09. The highest BCUT2D eigenvalue weighted by Crippen LogP contribution is 2.21. The van der Waals surface area contributed by atoms with E-state index < -0.39 is 0 Å². The van der Waals surface area contributed by atoms with Crippen molar-refractivity contribution in [3.63, 3.8) is 0 Å². The van der Waals surface area contributed by atoms with E-state index in [0.717, 1.165) is 18.7 Å². The molecule has 0 bridgehead atoms. The summed E-state index contributed by atoms with van der Waals surface area (Å²) in [5.41, 5.74) is 2.24. The van der Waals surface area contributed by atoms with Crippen LogP contribution in [0.5, 0.6) is 5.88 Å². The molecular formula is C21H23N5O3. The molecule has 0 spiro atoms. The Morgan fingerprint density at radius 3 is 2.93 bits per heavy atom. The number of rotatable bonds is 6. The molecule has 0 radical (unpaired) electrons. The number of carbonyl (C=O) groups is 1. The van der Waals surface area contributed by atoms with Gasteiger partial charge in [-0.25, -0.2) is 4.68 Å². The van der Waals surface area contributed by atoms with E-state index >= 15 is 0 Å². The molecule has 4 rings (SSSR count). The first kappa shape index (κ1) is 19.1. The molecule has 150 valence electrons. The Morgan fingerprint density at radius 1 is 1.31 bits per heavy atom. The van der Waals surface area contributed by atoms with Crippen LogP contribution in [-0.2, 0) is 4.74 Å². The quantitative estimate of drug-likeness (QED) is 0.669. The summed E-state index contributed by atoms with van der Waals surface area (Å²) in [5.74, 6) is 0.865. The standard InChI is InChI=1S/C21H23N5O3/c1-2-28-20-5-3-4-19(25-20)26-14-16(12-23-26)21(27)24-17-8-6-15(7-9-17)18-13-22-10-11-29-18/h3-9,12,14,18,22H,2,10-11,13H2,1H3,(H,24,27). The van der Waals surface area contributed by atoms with Crippen molar-refractivity contribution in [2.45, 2.75) is 13.0 Å². The monoisotopic (exact) mass is 393 g/mol. The zero-order chi connectivity index (χ0) is 20.1. The summed E-state index contributed by atoms with van der Waals surface area (Å²) < 4.78 is 12.7. The third-order valence-corrected chi connectivity index (χ3v) is 4.55. The molecule has 29 heavy (non-hydrogen) atoms. The Bertz CT molecular complexity index is 964. The van der Waals surface area contributed by atoms with E-state index in [1.165, 1.54) is 6.20 Å². The van der Waals surface area contributed by atoms with Gasteiger partial charge in [-0.3, -0.25) is 4.79 Å². The Kier molecular flexibility index (Phi) is 5.83. The second-order valence-corrected chi connectivity index (χ2v) is 6.58. The highest BCUT2D eigenvalue weighted by Gasteiger charge is 2.16. The molecule has 2 aromatic heterocycles. The summed E-state index contributed by atoms with van der Waals surface area (Å²) in [6.07, 6.45) is 3.20. The maximum Gasteiger partial charge on any atom is 0.258 e. The van der Waals surface area contributed by atoms with E-state index in [4.69, 9.17) is 9.47 Å². The molecule has 0 saturated carbocycles. The summed E-state index contributed by atoms with van der Waals surface area (Å²) in [5, 5.41) is 10.4. The Hall–Kier alpha value is -3.23. The topological polar surface area (TPSA) is 90.3 Å². The van der Waals surface area contributed by atoms with Gasteiger partial charge in [-0.2, -0.15) is 10.1 Å². The molecule has 1 unspecified atom stereocenters. The first-order valence-electron chi connectivity index (χ1n) is 9.61. The van der Waals surface area contributed by atoms with Gasteiger partial charge >= 0.3 is 0 Å². The Labute approximate surface area is 168 Å². The summed E-state index contributed by atoms with van der Waals surface area (Å²) in [6, 6.07) is 13.1. The van der Waals surface area contributed by atoms with E-state index in [1.807, 2.05) is 37.3 Å². The number of morpholine rings is 1. The van der Waals surface area contributed by atoms with Gasteiger partial charge in [0.2, 0.25) is 5.88 Å².